The molecule has 1 fully saturated rings. The number of benzene rings is 2. The number of nitrogens with one attached hydrogen (secondary N) is 1. The first-order valence-electron chi connectivity index (χ1n) is 10.1. The van der Waals surface area contributed by atoms with Crippen molar-refractivity contribution in [1.82, 2.24) is 4.90 Å². The average Bonchev–Trinajstić information content (AvgIpc) is 3.49. The number of rotatable bonds is 5. The second-order valence-electron chi connectivity index (χ2n) is 7.66. The van der Waals surface area contributed by atoms with Crippen LogP contribution in [0, 0.1) is 0 Å². The van der Waals surface area contributed by atoms with Crippen molar-refractivity contribution < 1.29 is 4.79 Å². The maximum absolute atomic E-state index is 12.8. The quantitative estimate of drug-likeness (QED) is 0.681. The molecule has 5 rings (SSSR count). The first-order chi connectivity index (χ1) is 14.3. The summed E-state index contributed by atoms with van der Waals surface area (Å²) < 4.78 is 0. The summed E-state index contributed by atoms with van der Waals surface area (Å²) in [5.41, 5.74) is 6.09. The minimum absolute atomic E-state index is 0.0999. The molecule has 144 valence electrons. The van der Waals surface area contributed by atoms with E-state index in [1.54, 1.807) is 0 Å². The van der Waals surface area contributed by atoms with Gasteiger partial charge in [-0.15, -0.1) is 0 Å². The molecule has 2 aliphatic rings. The van der Waals surface area contributed by atoms with Gasteiger partial charge >= 0.3 is 149 Å². The molecule has 2 aliphatic heterocycles. The van der Waals surface area contributed by atoms with Crippen molar-refractivity contribution in [1.29, 1.82) is 0 Å². The van der Waals surface area contributed by atoms with E-state index in [0.29, 0.717) is 5.56 Å². The molecule has 0 atom stereocenters. The average molecular weight is 399 g/mol. The van der Waals surface area contributed by atoms with Crippen molar-refractivity contribution in [2.24, 2.45) is 4.99 Å². The van der Waals surface area contributed by atoms with Crippen LogP contribution in [0.25, 0.3) is 0 Å². The van der Waals surface area contributed by atoms with E-state index in [0.717, 1.165) is 40.4 Å². The Balaban J connectivity index is 1.40. The van der Waals surface area contributed by atoms with Crippen LogP contribution >= 0.6 is 11.3 Å². The Morgan fingerprint density at radius 2 is 2.03 bits per heavy atom. The van der Waals surface area contributed by atoms with Gasteiger partial charge in [0.2, 0.25) is 0 Å². The van der Waals surface area contributed by atoms with Gasteiger partial charge in [-0.25, -0.2) is 0 Å². The third kappa shape index (κ3) is 3.95. The van der Waals surface area contributed by atoms with Crippen LogP contribution in [0.2, 0.25) is 0 Å². The number of carbonyl (C=O) groups is 1. The van der Waals surface area contributed by atoms with Crippen LogP contribution in [-0.4, -0.2) is 36.5 Å². The number of anilines is 1. The molecule has 2 aromatic carbocycles. The van der Waals surface area contributed by atoms with Crippen molar-refractivity contribution >= 4 is 40.4 Å². The van der Waals surface area contributed by atoms with E-state index in [1.807, 2.05) is 30.4 Å². The Morgan fingerprint density at radius 3 is 2.86 bits per heavy atom. The van der Waals surface area contributed by atoms with E-state index >= 15 is 0 Å². The first kappa shape index (κ1) is 18.5. The van der Waals surface area contributed by atoms with Crippen LogP contribution in [0.1, 0.15) is 39.9 Å². The summed E-state index contributed by atoms with van der Waals surface area (Å²) in [7, 11) is 0. The van der Waals surface area contributed by atoms with Crippen LogP contribution in [0.15, 0.2) is 58.8 Å². The van der Waals surface area contributed by atoms with Crippen molar-refractivity contribution in [2.75, 3.05) is 18.4 Å². The molecule has 0 radical (unpaired) electrons. The molecule has 1 aromatic heterocycles. The Bertz CT molecular complexity index is 1070. The predicted molar refractivity (Wildman–Crippen MR) is 121 cm³/mol. The number of carbonyl (C=O) groups excluding carboxylic acids is 1. The molecule has 0 aliphatic carbocycles. The number of nitrogens with zero attached hydrogens (tertiary/aromatic N) is 2. The summed E-state index contributed by atoms with van der Waals surface area (Å²) in [5, 5.41) is 4.93. The van der Waals surface area contributed by atoms with E-state index in [-0.39, 0.29) is 5.91 Å². The molecule has 0 unspecified atom stereocenters. The van der Waals surface area contributed by atoms with Gasteiger partial charge in [0, 0.05) is 0 Å². The fourth-order valence-electron chi connectivity index (χ4n) is 4.15. The molecule has 4 nitrogen and oxygen atoms in total. The Morgan fingerprint density at radius 1 is 1.17 bits per heavy atom. The van der Waals surface area contributed by atoms with E-state index in [1.165, 1.54) is 42.8 Å². The number of para-hydroxylation sites is 1. The summed E-state index contributed by atoms with van der Waals surface area (Å²) in [4.78, 5) is 21.0. The second kappa shape index (κ2) is 8.05. The summed E-state index contributed by atoms with van der Waals surface area (Å²) in [6, 6.07) is 14.6. The van der Waals surface area contributed by atoms with Gasteiger partial charge in [0.25, 0.3) is 0 Å². The third-order valence-corrected chi connectivity index (χ3v) is 6.38. The van der Waals surface area contributed by atoms with Crippen molar-refractivity contribution in [3.8, 4) is 0 Å². The number of hydrogen-bond acceptors (Lipinski definition) is 4. The van der Waals surface area contributed by atoms with Gasteiger partial charge in [-0.2, -0.15) is 0 Å². The Hall–Kier alpha value is -2.57. The number of fused-ring (bicyclic) bond motifs is 1. The normalized spacial score (nSPS) is 15.8. The fourth-order valence-corrected chi connectivity index (χ4v) is 4.76. The van der Waals surface area contributed by atoms with E-state index in [2.05, 4.69) is 40.5 Å². The zero-order chi connectivity index (χ0) is 19.6. The number of hydrogen-bond donors (Lipinski definition) is 1. The maximum atomic E-state index is 12.8. The topological polar surface area (TPSA) is 44.7 Å². The molecule has 6 heteroatoms. The van der Waals surface area contributed by atoms with Crippen molar-refractivity contribution in [3.63, 3.8) is 0 Å². The van der Waals surface area contributed by atoms with Crippen molar-refractivity contribution in [2.45, 2.75) is 25.8 Å². The van der Waals surface area contributed by atoms with E-state index < -0.39 is 0 Å². The molecule has 29 heavy (non-hydrogen) atoms. The molecule has 1 amide bonds. The molecule has 3 aromatic rings. The van der Waals surface area contributed by atoms with Gasteiger partial charge in [0.15, 0.2) is 0 Å². The van der Waals surface area contributed by atoms with Crippen molar-refractivity contribution in [3.05, 3.63) is 76.1 Å². The zero-order valence-electron chi connectivity index (χ0n) is 16.2. The van der Waals surface area contributed by atoms with Crippen LogP contribution < -0.4 is 5.32 Å². The third-order valence-electron chi connectivity index (χ3n) is 5.59. The van der Waals surface area contributed by atoms with Crippen LogP contribution in [-0.2, 0) is 13.0 Å². The summed E-state index contributed by atoms with van der Waals surface area (Å²) in [5.74, 6) is 1.83. The number of aliphatic imine (C=N–C) groups is 1. The summed E-state index contributed by atoms with van der Waals surface area (Å²) in [6.07, 6.45) is 3.37. The van der Waals surface area contributed by atoms with Gasteiger partial charge in [-0.3, -0.25) is 0 Å². The van der Waals surface area contributed by atoms with Crippen LogP contribution in [0.5, 0.6) is 0 Å². The van der Waals surface area contributed by atoms with Gasteiger partial charge in [-0.1, -0.05) is 0 Å². The molecule has 1 N–H and O–H groups in total. The van der Waals surface area contributed by atoms with E-state index in [4.69, 9.17) is 4.99 Å². The molecular formula is C23H22BN3OS. The second-order valence-corrected chi connectivity index (χ2v) is 8.61. The van der Waals surface area contributed by atoms with E-state index in [9.17, 15) is 4.79 Å². The zero-order valence-corrected chi connectivity index (χ0v) is 17.0. The minimum atomic E-state index is -0.0999. The summed E-state index contributed by atoms with van der Waals surface area (Å²) >= 11 is 1.52. The SMILES string of the molecule is O=C(Nc1bccs1)c1cccc2c1N=C(c1cccc(CN3CCCC3)c1)C2. The number of amides is 1. The van der Waals surface area contributed by atoms with Crippen LogP contribution in [0.4, 0.5) is 10.6 Å². The molecule has 0 spiro atoms. The molecule has 0 bridgehead atoms. The molecule has 0 saturated carbocycles. The summed E-state index contributed by atoms with van der Waals surface area (Å²) in [6.45, 7) is 5.30. The van der Waals surface area contributed by atoms with Gasteiger partial charge in [-0.05, 0) is 25.9 Å². The monoisotopic (exact) mass is 399 g/mol. The van der Waals surface area contributed by atoms with Gasteiger partial charge in [0.1, 0.15) is 0 Å². The fraction of sp³-hybridized carbons (Fsp3) is 0.261. The van der Waals surface area contributed by atoms with Gasteiger partial charge in [0.05, 0.1) is 0 Å². The van der Waals surface area contributed by atoms with Gasteiger partial charge < -0.3 is 0 Å². The molecular weight excluding hydrogens is 377 g/mol. The standard InChI is InChI=1S/C23H22BN3OS/c28-22(26-23-24-9-12-29-23)19-8-4-7-18-14-20(25-21(18)19)17-6-3-5-16(13-17)15-27-10-1-2-11-27/h3-9,12-13H,1-2,10-11,14-15H2,(H,26,28). The Labute approximate surface area is 175 Å². The molecule has 3 heterocycles. The predicted octanol–water partition coefficient (Wildman–Crippen LogP) is 4.61. The van der Waals surface area contributed by atoms with Crippen LogP contribution in [0.3, 0.4) is 0 Å². The first-order valence-corrected chi connectivity index (χ1v) is 11.0. The number of likely N-dealkylation sites (tertiary alicyclic amines) is 1. The molecule has 1 saturated heterocycles. The Kier molecular flexibility index (Phi) is 5.12.